The van der Waals surface area contributed by atoms with E-state index in [1.807, 2.05) is 0 Å². The molecule has 0 saturated carbocycles. The summed E-state index contributed by atoms with van der Waals surface area (Å²) in [6.45, 7) is 3.25. The molecule has 94 valence electrons. The van der Waals surface area contributed by atoms with Gasteiger partial charge in [0.2, 0.25) is 0 Å². The molecule has 0 saturated heterocycles. The molecule has 0 bridgehead atoms. The smallest absolute Gasteiger partial charge is 0.467 e. The summed E-state index contributed by atoms with van der Waals surface area (Å²) in [4.78, 5) is 21.8. The lowest BCUT2D eigenvalue weighted by Gasteiger charge is -2.22. The zero-order valence-corrected chi connectivity index (χ0v) is 9.22. The van der Waals surface area contributed by atoms with Gasteiger partial charge in [0.1, 0.15) is 6.04 Å². The Morgan fingerprint density at radius 2 is 1.88 bits per heavy atom. The van der Waals surface area contributed by atoms with Crippen LogP contribution in [0.4, 0.5) is 13.2 Å². The molecule has 0 aromatic carbocycles. The summed E-state index contributed by atoms with van der Waals surface area (Å²) in [5.74, 6) is -3.45. The fraction of sp³-hybridized carbons (Fsp3) is 0.778. The first-order valence-corrected chi connectivity index (χ1v) is 4.69. The van der Waals surface area contributed by atoms with E-state index < -0.39 is 30.0 Å². The number of carbonyl (C=O) groups is 2. The zero-order chi connectivity index (χ0) is 12.9. The van der Waals surface area contributed by atoms with Crippen molar-refractivity contribution >= 4 is 11.9 Å². The van der Waals surface area contributed by atoms with E-state index in [1.165, 1.54) is 0 Å². The minimum Gasteiger partial charge on any atom is -0.467 e. The number of esters is 1. The fourth-order valence-electron chi connectivity index (χ4n) is 1.02. The van der Waals surface area contributed by atoms with Crippen molar-refractivity contribution < 1.29 is 27.5 Å². The van der Waals surface area contributed by atoms with Crippen LogP contribution in [-0.2, 0) is 14.3 Å². The highest BCUT2D eigenvalue weighted by Gasteiger charge is 2.41. The summed E-state index contributed by atoms with van der Waals surface area (Å²) in [6.07, 6.45) is -4.56. The molecule has 1 N–H and O–H groups in total. The van der Waals surface area contributed by atoms with Gasteiger partial charge in [-0.2, -0.15) is 13.2 Å². The molecule has 0 aliphatic rings. The molecular formula is C9H14F3NO3. The number of hydrogen-bond donors (Lipinski definition) is 1. The number of alkyl halides is 3. The molecule has 0 rings (SSSR count). The topological polar surface area (TPSA) is 55.4 Å². The molecule has 0 aromatic rings. The second-order valence-corrected chi connectivity index (χ2v) is 3.36. The van der Waals surface area contributed by atoms with Gasteiger partial charge in [-0.3, -0.25) is 4.79 Å². The number of carbonyl (C=O) groups excluding carboxylic acids is 2. The Labute approximate surface area is 91.1 Å². The number of halogens is 3. The first kappa shape index (κ1) is 14.7. The Balaban J connectivity index is 4.69. The van der Waals surface area contributed by atoms with Crippen molar-refractivity contribution in [3.63, 3.8) is 0 Å². The van der Waals surface area contributed by atoms with Crippen LogP contribution in [0.1, 0.15) is 20.3 Å². The summed E-state index contributed by atoms with van der Waals surface area (Å²) < 4.78 is 40.3. The molecule has 7 heteroatoms. The molecule has 0 aliphatic heterocycles. The predicted molar refractivity (Wildman–Crippen MR) is 49.5 cm³/mol. The maximum Gasteiger partial charge on any atom is 0.471 e. The highest BCUT2D eigenvalue weighted by molar-refractivity contribution is 5.87. The number of rotatable bonds is 4. The summed E-state index contributed by atoms with van der Waals surface area (Å²) in [5, 5.41) is 1.62. The highest BCUT2D eigenvalue weighted by atomic mass is 19.4. The molecule has 0 aromatic heterocycles. The van der Waals surface area contributed by atoms with Gasteiger partial charge < -0.3 is 10.1 Å². The Kier molecular flexibility index (Phi) is 5.26. The minimum absolute atomic E-state index is 0.432. The van der Waals surface area contributed by atoms with Gasteiger partial charge in [-0.1, -0.05) is 20.3 Å². The third-order valence-corrected chi connectivity index (χ3v) is 2.21. The first-order valence-electron chi connectivity index (χ1n) is 4.69. The lowest BCUT2D eigenvalue weighted by Crippen LogP contribution is -2.50. The van der Waals surface area contributed by atoms with Crippen molar-refractivity contribution in [2.45, 2.75) is 32.5 Å². The van der Waals surface area contributed by atoms with Crippen molar-refractivity contribution in [1.29, 1.82) is 0 Å². The van der Waals surface area contributed by atoms with Crippen LogP contribution in [0.15, 0.2) is 0 Å². The van der Waals surface area contributed by atoms with E-state index in [1.54, 1.807) is 19.2 Å². The number of amides is 1. The molecular weight excluding hydrogens is 227 g/mol. The van der Waals surface area contributed by atoms with Crippen molar-refractivity contribution in [3.05, 3.63) is 0 Å². The average molecular weight is 241 g/mol. The molecule has 0 radical (unpaired) electrons. The van der Waals surface area contributed by atoms with Gasteiger partial charge >= 0.3 is 18.1 Å². The van der Waals surface area contributed by atoms with Crippen LogP contribution in [0.2, 0.25) is 0 Å². The number of methoxy groups -OCH3 is 1. The van der Waals surface area contributed by atoms with Crippen LogP contribution in [0, 0.1) is 5.92 Å². The van der Waals surface area contributed by atoms with Gasteiger partial charge in [-0.15, -0.1) is 0 Å². The van der Waals surface area contributed by atoms with Gasteiger partial charge in [0.15, 0.2) is 0 Å². The Morgan fingerprint density at radius 3 is 2.19 bits per heavy atom. The fourth-order valence-corrected chi connectivity index (χ4v) is 1.02. The number of hydrogen-bond acceptors (Lipinski definition) is 3. The van der Waals surface area contributed by atoms with E-state index in [0.717, 1.165) is 7.11 Å². The van der Waals surface area contributed by atoms with Crippen molar-refractivity contribution in [2.75, 3.05) is 7.11 Å². The van der Waals surface area contributed by atoms with Crippen LogP contribution in [0.25, 0.3) is 0 Å². The van der Waals surface area contributed by atoms with Crippen LogP contribution < -0.4 is 5.32 Å². The number of nitrogens with one attached hydrogen (secondary N) is 1. The molecule has 0 aliphatic carbocycles. The summed E-state index contributed by atoms with van der Waals surface area (Å²) in [5.41, 5.74) is 0. The maximum absolute atomic E-state index is 12.0. The third kappa shape index (κ3) is 4.08. The normalized spacial score (nSPS) is 15.1. The van der Waals surface area contributed by atoms with E-state index in [-0.39, 0.29) is 0 Å². The molecule has 16 heavy (non-hydrogen) atoms. The minimum atomic E-state index is -5.00. The second kappa shape index (κ2) is 5.72. The van der Waals surface area contributed by atoms with Crippen LogP contribution in [0.3, 0.4) is 0 Å². The van der Waals surface area contributed by atoms with Crippen LogP contribution in [-0.4, -0.2) is 31.2 Å². The van der Waals surface area contributed by atoms with Crippen LogP contribution in [0.5, 0.6) is 0 Å². The van der Waals surface area contributed by atoms with Gasteiger partial charge in [0.05, 0.1) is 7.11 Å². The van der Waals surface area contributed by atoms with E-state index in [0.29, 0.717) is 6.42 Å². The molecule has 0 heterocycles. The molecule has 0 unspecified atom stereocenters. The lowest BCUT2D eigenvalue weighted by atomic mass is 9.99. The van der Waals surface area contributed by atoms with E-state index >= 15 is 0 Å². The quantitative estimate of drug-likeness (QED) is 0.754. The van der Waals surface area contributed by atoms with Gasteiger partial charge in [-0.05, 0) is 5.92 Å². The van der Waals surface area contributed by atoms with Crippen LogP contribution >= 0.6 is 0 Å². The summed E-state index contributed by atoms with van der Waals surface area (Å²) >= 11 is 0. The maximum atomic E-state index is 12.0. The second-order valence-electron chi connectivity index (χ2n) is 3.36. The van der Waals surface area contributed by atoms with E-state index in [4.69, 9.17) is 0 Å². The first-order chi connectivity index (χ1) is 7.23. The molecule has 0 spiro atoms. The number of ether oxygens (including phenoxy) is 1. The zero-order valence-electron chi connectivity index (χ0n) is 9.22. The molecule has 2 atom stereocenters. The molecule has 4 nitrogen and oxygen atoms in total. The van der Waals surface area contributed by atoms with Gasteiger partial charge in [0.25, 0.3) is 0 Å². The van der Waals surface area contributed by atoms with E-state index in [9.17, 15) is 22.8 Å². The van der Waals surface area contributed by atoms with Crippen molar-refractivity contribution in [1.82, 2.24) is 5.32 Å². The summed E-state index contributed by atoms with van der Waals surface area (Å²) in [6, 6.07) is -1.27. The van der Waals surface area contributed by atoms with E-state index in [2.05, 4.69) is 4.74 Å². The SMILES string of the molecule is CC[C@H](C)[C@H](NC(=O)C(F)(F)F)C(=O)OC. The Morgan fingerprint density at radius 1 is 1.38 bits per heavy atom. The molecule has 0 fully saturated rings. The monoisotopic (exact) mass is 241 g/mol. The average Bonchev–Trinajstić information content (AvgIpc) is 2.21. The predicted octanol–water partition coefficient (Wildman–Crippen LogP) is 1.25. The van der Waals surface area contributed by atoms with Gasteiger partial charge in [-0.25, -0.2) is 4.79 Å². The van der Waals surface area contributed by atoms with Crippen molar-refractivity contribution in [2.24, 2.45) is 5.92 Å². The van der Waals surface area contributed by atoms with Crippen molar-refractivity contribution in [3.8, 4) is 0 Å². The standard InChI is InChI=1S/C9H14F3NO3/c1-4-5(2)6(7(14)16-3)13-8(15)9(10,11)12/h5-6H,4H2,1-3H3,(H,13,15)/t5-,6-/m0/s1. The summed E-state index contributed by atoms with van der Waals surface area (Å²) in [7, 11) is 1.05. The van der Waals surface area contributed by atoms with Gasteiger partial charge in [0, 0.05) is 0 Å². The Hall–Kier alpha value is -1.27. The molecule has 1 amide bonds. The highest BCUT2D eigenvalue weighted by Crippen LogP contribution is 2.17. The third-order valence-electron chi connectivity index (χ3n) is 2.21. The Bertz CT molecular complexity index is 265. The lowest BCUT2D eigenvalue weighted by molar-refractivity contribution is -0.176. The largest absolute Gasteiger partial charge is 0.471 e.